The summed E-state index contributed by atoms with van der Waals surface area (Å²) in [6.45, 7) is 1.88. The standard InChI is InChI=1S/C14H16N6OS/c1-2-11(12(21)17-10-6-4-3-5-7-10)20-13(16)18-19-14(20)22-9-8-15/h3-7,11H,2,9H2,1H3,(H2,16,18)(H,17,21). The predicted octanol–water partition coefficient (Wildman–Crippen LogP) is 2.07. The summed E-state index contributed by atoms with van der Waals surface area (Å²) >= 11 is 1.20. The van der Waals surface area contributed by atoms with Gasteiger partial charge in [-0.25, -0.2) is 0 Å². The van der Waals surface area contributed by atoms with Gasteiger partial charge in [-0.2, -0.15) is 5.26 Å². The fourth-order valence-corrected chi connectivity index (χ4v) is 2.66. The van der Waals surface area contributed by atoms with Crippen LogP contribution in [0, 0.1) is 11.3 Å². The van der Waals surface area contributed by atoms with E-state index in [9.17, 15) is 4.79 Å². The molecule has 114 valence electrons. The number of carbonyl (C=O) groups excluding carboxylic acids is 1. The molecule has 0 aliphatic rings. The van der Waals surface area contributed by atoms with E-state index in [0.717, 1.165) is 0 Å². The molecule has 7 nitrogen and oxygen atoms in total. The van der Waals surface area contributed by atoms with Gasteiger partial charge in [0.15, 0.2) is 5.16 Å². The normalized spacial score (nSPS) is 11.6. The number of benzene rings is 1. The van der Waals surface area contributed by atoms with Crippen LogP contribution in [0.5, 0.6) is 0 Å². The van der Waals surface area contributed by atoms with Crippen LogP contribution in [0.25, 0.3) is 0 Å². The van der Waals surface area contributed by atoms with Crippen LogP contribution in [-0.4, -0.2) is 26.4 Å². The lowest BCUT2D eigenvalue weighted by molar-refractivity contribution is -0.119. The van der Waals surface area contributed by atoms with E-state index in [-0.39, 0.29) is 17.6 Å². The molecule has 8 heteroatoms. The number of carbonyl (C=O) groups is 1. The molecule has 0 saturated carbocycles. The zero-order valence-corrected chi connectivity index (χ0v) is 12.9. The molecule has 2 aromatic rings. The van der Waals surface area contributed by atoms with Crippen molar-refractivity contribution in [1.29, 1.82) is 5.26 Å². The van der Waals surface area contributed by atoms with E-state index >= 15 is 0 Å². The summed E-state index contributed by atoms with van der Waals surface area (Å²) in [6, 6.07) is 10.7. The monoisotopic (exact) mass is 316 g/mol. The highest BCUT2D eigenvalue weighted by atomic mass is 32.2. The van der Waals surface area contributed by atoms with Gasteiger partial charge in [-0.05, 0) is 18.6 Å². The van der Waals surface area contributed by atoms with E-state index in [1.54, 1.807) is 4.57 Å². The quantitative estimate of drug-likeness (QED) is 0.789. The summed E-state index contributed by atoms with van der Waals surface area (Å²) in [5.41, 5.74) is 6.55. The van der Waals surface area contributed by atoms with Gasteiger partial charge < -0.3 is 11.1 Å². The number of nitrogens with two attached hydrogens (primary N) is 1. The smallest absolute Gasteiger partial charge is 0.247 e. The molecule has 1 heterocycles. The van der Waals surface area contributed by atoms with Gasteiger partial charge in [0.05, 0.1) is 11.8 Å². The summed E-state index contributed by atoms with van der Waals surface area (Å²) in [7, 11) is 0. The fraction of sp³-hybridized carbons (Fsp3) is 0.286. The maximum Gasteiger partial charge on any atom is 0.247 e. The van der Waals surface area contributed by atoms with Crippen LogP contribution in [0.15, 0.2) is 35.5 Å². The third kappa shape index (κ3) is 3.56. The summed E-state index contributed by atoms with van der Waals surface area (Å²) in [4.78, 5) is 12.5. The Morgan fingerprint density at radius 1 is 1.45 bits per heavy atom. The van der Waals surface area contributed by atoms with E-state index in [1.165, 1.54) is 11.8 Å². The minimum Gasteiger partial charge on any atom is -0.368 e. The Balaban J connectivity index is 2.22. The summed E-state index contributed by atoms with van der Waals surface area (Å²) in [5.74, 6) is 0.184. The minimum atomic E-state index is -0.531. The van der Waals surface area contributed by atoms with Gasteiger partial charge >= 0.3 is 0 Å². The lowest BCUT2D eigenvalue weighted by Crippen LogP contribution is -2.27. The average molecular weight is 316 g/mol. The number of para-hydroxylation sites is 1. The van der Waals surface area contributed by atoms with E-state index in [1.807, 2.05) is 43.3 Å². The molecular formula is C14H16N6OS. The second kappa shape index (κ2) is 7.47. The van der Waals surface area contributed by atoms with Crippen molar-refractivity contribution in [2.24, 2.45) is 0 Å². The number of aromatic nitrogens is 3. The summed E-state index contributed by atoms with van der Waals surface area (Å²) in [5, 5.41) is 19.7. The van der Waals surface area contributed by atoms with Gasteiger partial charge in [-0.1, -0.05) is 36.9 Å². The van der Waals surface area contributed by atoms with Gasteiger partial charge in [0.2, 0.25) is 11.9 Å². The Hall–Kier alpha value is -2.53. The molecule has 1 atom stereocenters. The molecule has 0 aliphatic heterocycles. The molecule has 0 radical (unpaired) electrons. The van der Waals surface area contributed by atoms with E-state index in [2.05, 4.69) is 15.5 Å². The van der Waals surface area contributed by atoms with Crippen LogP contribution in [-0.2, 0) is 4.79 Å². The first-order chi connectivity index (χ1) is 10.7. The first-order valence-electron chi connectivity index (χ1n) is 6.73. The Labute approximate surface area is 132 Å². The summed E-state index contributed by atoms with van der Waals surface area (Å²) in [6.07, 6.45) is 0.529. The van der Waals surface area contributed by atoms with Crippen molar-refractivity contribution >= 4 is 29.3 Å². The van der Waals surface area contributed by atoms with Crippen molar-refractivity contribution in [2.75, 3.05) is 16.8 Å². The molecule has 3 N–H and O–H groups in total. The second-order valence-corrected chi connectivity index (χ2v) is 5.38. The van der Waals surface area contributed by atoms with Crippen LogP contribution in [0.2, 0.25) is 0 Å². The fourth-order valence-electron chi connectivity index (χ4n) is 2.01. The molecule has 0 fully saturated rings. The minimum absolute atomic E-state index is 0.163. The van der Waals surface area contributed by atoms with Crippen LogP contribution in [0.4, 0.5) is 11.6 Å². The highest BCUT2D eigenvalue weighted by Gasteiger charge is 2.24. The highest BCUT2D eigenvalue weighted by Crippen LogP contribution is 2.25. The number of nitrogens with one attached hydrogen (secondary N) is 1. The average Bonchev–Trinajstić information content (AvgIpc) is 2.88. The number of nitrogen functional groups attached to an aromatic ring is 1. The molecule has 1 amide bonds. The molecule has 0 saturated heterocycles. The van der Waals surface area contributed by atoms with Crippen molar-refractivity contribution in [3.05, 3.63) is 30.3 Å². The Bertz CT molecular complexity index is 678. The number of nitrogens with zero attached hydrogens (tertiary/aromatic N) is 4. The van der Waals surface area contributed by atoms with Crippen LogP contribution >= 0.6 is 11.8 Å². The van der Waals surface area contributed by atoms with E-state index < -0.39 is 6.04 Å². The Morgan fingerprint density at radius 3 is 2.82 bits per heavy atom. The molecule has 1 unspecified atom stereocenters. The molecule has 2 rings (SSSR count). The number of anilines is 2. The van der Waals surface area contributed by atoms with Gasteiger partial charge in [-0.3, -0.25) is 9.36 Å². The van der Waals surface area contributed by atoms with Crippen molar-refractivity contribution in [1.82, 2.24) is 14.8 Å². The molecule has 0 bridgehead atoms. The lowest BCUT2D eigenvalue weighted by Gasteiger charge is -2.18. The zero-order valence-electron chi connectivity index (χ0n) is 12.1. The van der Waals surface area contributed by atoms with Crippen molar-refractivity contribution in [3.8, 4) is 6.07 Å². The predicted molar refractivity (Wildman–Crippen MR) is 85.2 cm³/mol. The van der Waals surface area contributed by atoms with Gasteiger partial charge in [-0.15, -0.1) is 10.2 Å². The molecule has 22 heavy (non-hydrogen) atoms. The first-order valence-corrected chi connectivity index (χ1v) is 7.72. The largest absolute Gasteiger partial charge is 0.368 e. The molecular weight excluding hydrogens is 300 g/mol. The summed E-state index contributed by atoms with van der Waals surface area (Å²) < 4.78 is 1.57. The number of thioether (sulfide) groups is 1. The van der Waals surface area contributed by atoms with Crippen LogP contribution in [0.1, 0.15) is 19.4 Å². The number of amides is 1. The highest BCUT2D eigenvalue weighted by molar-refractivity contribution is 7.99. The number of nitriles is 1. The van der Waals surface area contributed by atoms with Crippen LogP contribution < -0.4 is 11.1 Å². The maximum absolute atomic E-state index is 12.5. The lowest BCUT2D eigenvalue weighted by atomic mass is 10.2. The van der Waals surface area contributed by atoms with Crippen molar-refractivity contribution < 1.29 is 4.79 Å². The van der Waals surface area contributed by atoms with Gasteiger partial charge in [0.1, 0.15) is 6.04 Å². The number of hydrogen-bond donors (Lipinski definition) is 2. The van der Waals surface area contributed by atoms with E-state index in [0.29, 0.717) is 17.3 Å². The van der Waals surface area contributed by atoms with Crippen LogP contribution in [0.3, 0.4) is 0 Å². The van der Waals surface area contributed by atoms with E-state index in [4.69, 9.17) is 11.0 Å². The van der Waals surface area contributed by atoms with Gasteiger partial charge in [0, 0.05) is 5.69 Å². The Kier molecular flexibility index (Phi) is 5.38. The molecule has 1 aromatic carbocycles. The first kappa shape index (κ1) is 15.9. The number of rotatable bonds is 6. The van der Waals surface area contributed by atoms with Crippen molar-refractivity contribution in [3.63, 3.8) is 0 Å². The Morgan fingerprint density at radius 2 is 2.18 bits per heavy atom. The topological polar surface area (TPSA) is 110 Å². The third-order valence-corrected chi connectivity index (χ3v) is 3.81. The second-order valence-electron chi connectivity index (χ2n) is 4.44. The molecule has 0 aliphatic carbocycles. The SMILES string of the molecule is CCC(C(=O)Nc1ccccc1)n1c(N)nnc1SCC#N. The maximum atomic E-state index is 12.5. The third-order valence-electron chi connectivity index (χ3n) is 3.00. The number of hydrogen-bond acceptors (Lipinski definition) is 6. The molecule has 1 aromatic heterocycles. The molecule has 0 spiro atoms. The van der Waals surface area contributed by atoms with Crippen molar-refractivity contribution in [2.45, 2.75) is 24.5 Å². The zero-order chi connectivity index (χ0) is 15.9. The van der Waals surface area contributed by atoms with Gasteiger partial charge in [0.25, 0.3) is 0 Å².